The first kappa shape index (κ1) is 8.01. The van der Waals surface area contributed by atoms with Gasteiger partial charge in [0.15, 0.2) is 11.6 Å². The van der Waals surface area contributed by atoms with Crippen molar-refractivity contribution in [2.45, 2.75) is 6.54 Å². The van der Waals surface area contributed by atoms with Crippen LogP contribution in [0, 0.1) is 5.82 Å². The van der Waals surface area contributed by atoms with Gasteiger partial charge < -0.3 is 10.5 Å². The standard InChI is InChI=1S/C8H10FNO/c1-11-7-4-2-3-6(5-10)8(7)9/h2-4H,5,10H2,1H3. The molecule has 0 aliphatic heterocycles. The second-order valence-corrected chi connectivity index (χ2v) is 2.14. The minimum atomic E-state index is -0.363. The maximum atomic E-state index is 13.1. The number of rotatable bonds is 2. The lowest BCUT2D eigenvalue weighted by Gasteiger charge is -2.03. The van der Waals surface area contributed by atoms with Crippen LogP contribution >= 0.6 is 0 Å². The fourth-order valence-corrected chi connectivity index (χ4v) is 0.872. The Morgan fingerprint density at radius 1 is 1.55 bits per heavy atom. The van der Waals surface area contributed by atoms with E-state index in [1.54, 1.807) is 18.2 Å². The number of ether oxygens (including phenoxy) is 1. The Bertz CT molecular complexity index is 228. The van der Waals surface area contributed by atoms with Gasteiger partial charge in [-0.2, -0.15) is 0 Å². The summed E-state index contributed by atoms with van der Waals surface area (Å²) in [6, 6.07) is 4.91. The van der Waals surface area contributed by atoms with E-state index in [0.717, 1.165) is 0 Å². The normalized spacial score (nSPS) is 9.73. The summed E-state index contributed by atoms with van der Waals surface area (Å²) >= 11 is 0. The molecule has 0 aliphatic carbocycles. The molecule has 2 nitrogen and oxygen atoms in total. The molecular formula is C8H10FNO. The zero-order valence-corrected chi connectivity index (χ0v) is 6.30. The summed E-state index contributed by atoms with van der Waals surface area (Å²) in [6.45, 7) is 0.197. The number of nitrogens with two attached hydrogens (primary N) is 1. The van der Waals surface area contributed by atoms with Crippen LogP contribution in [-0.4, -0.2) is 7.11 Å². The average Bonchev–Trinajstić information content (AvgIpc) is 2.05. The first-order chi connectivity index (χ1) is 5.29. The molecule has 0 fully saturated rings. The molecule has 0 saturated heterocycles. The Balaban J connectivity index is 3.10. The van der Waals surface area contributed by atoms with Crippen LogP contribution in [-0.2, 0) is 6.54 Å². The van der Waals surface area contributed by atoms with Gasteiger partial charge in [0.1, 0.15) is 0 Å². The molecule has 3 heteroatoms. The van der Waals surface area contributed by atoms with Crippen LogP contribution in [0.4, 0.5) is 4.39 Å². The van der Waals surface area contributed by atoms with Crippen molar-refractivity contribution in [3.8, 4) is 5.75 Å². The monoisotopic (exact) mass is 155 g/mol. The highest BCUT2D eigenvalue weighted by Gasteiger charge is 2.05. The van der Waals surface area contributed by atoms with Gasteiger partial charge in [0.2, 0.25) is 0 Å². The van der Waals surface area contributed by atoms with E-state index >= 15 is 0 Å². The highest BCUT2D eigenvalue weighted by molar-refractivity contribution is 5.30. The highest BCUT2D eigenvalue weighted by atomic mass is 19.1. The molecule has 0 heterocycles. The van der Waals surface area contributed by atoms with Crippen molar-refractivity contribution in [2.24, 2.45) is 5.73 Å². The molecular weight excluding hydrogens is 145 g/mol. The van der Waals surface area contributed by atoms with Crippen molar-refractivity contribution < 1.29 is 9.13 Å². The molecule has 0 atom stereocenters. The summed E-state index contributed by atoms with van der Waals surface area (Å²) in [7, 11) is 1.43. The van der Waals surface area contributed by atoms with Crippen LogP contribution in [0.15, 0.2) is 18.2 Å². The molecule has 0 aromatic heterocycles. The minimum absolute atomic E-state index is 0.197. The van der Waals surface area contributed by atoms with Crippen LogP contribution in [0.25, 0.3) is 0 Å². The highest BCUT2D eigenvalue weighted by Crippen LogP contribution is 2.18. The molecule has 1 aromatic carbocycles. The third kappa shape index (κ3) is 1.49. The average molecular weight is 155 g/mol. The topological polar surface area (TPSA) is 35.2 Å². The van der Waals surface area contributed by atoms with E-state index in [4.69, 9.17) is 10.5 Å². The van der Waals surface area contributed by atoms with Gasteiger partial charge in [0.25, 0.3) is 0 Å². The first-order valence-corrected chi connectivity index (χ1v) is 3.31. The lowest BCUT2D eigenvalue weighted by molar-refractivity contribution is 0.384. The first-order valence-electron chi connectivity index (χ1n) is 3.31. The summed E-state index contributed by atoms with van der Waals surface area (Å²) in [5.74, 6) is -0.120. The SMILES string of the molecule is COc1cccc(CN)c1F. The second kappa shape index (κ2) is 3.34. The van der Waals surface area contributed by atoms with Crippen molar-refractivity contribution in [1.29, 1.82) is 0 Å². The zero-order valence-electron chi connectivity index (χ0n) is 6.30. The maximum Gasteiger partial charge on any atom is 0.169 e. The fraction of sp³-hybridized carbons (Fsp3) is 0.250. The number of halogens is 1. The smallest absolute Gasteiger partial charge is 0.169 e. The van der Waals surface area contributed by atoms with E-state index < -0.39 is 0 Å². The van der Waals surface area contributed by atoms with E-state index in [-0.39, 0.29) is 18.1 Å². The van der Waals surface area contributed by atoms with Crippen molar-refractivity contribution in [3.05, 3.63) is 29.6 Å². The summed E-state index contributed by atoms with van der Waals surface area (Å²) in [6.07, 6.45) is 0. The number of hydrogen-bond donors (Lipinski definition) is 1. The lowest BCUT2D eigenvalue weighted by Crippen LogP contribution is -2.00. The zero-order chi connectivity index (χ0) is 8.27. The molecule has 11 heavy (non-hydrogen) atoms. The Morgan fingerprint density at radius 2 is 2.27 bits per heavy atom. The van der Waals surface area contributed by atoms with Gasteiger partial charge in [-0.05, 0) is 6.07 Å². The summed E-state index contributed by atoms with van der Waals surface area (Å²) in [5, 5.41) is 0. The fourth-order valence-electron chi connectivity index (χ4n) is 0.872. The molecule has 2 N–H and O–H groups in total. The number of hydrogen-bond acceptors (Lipinski definition) is 2. The molecule has 0 aliphatic rings. The van der Waals surface area contributed by atoms with Crippen molar-refractivity contribution in [3.63, 3.8) is 0 Å². The number of benzene rings is 1. The molecule has 0 spiro atoms. The van der Waals surface area contributed by atoms with Crippen molar-refractivity contribution in [1.82, 2.24) is 0 Å². The van der Waals surface area contributed by atoms with E-state index in [9.17, 15) is 4.39 Å². The molecule has 60 valence electrons. The Hall–Kier alpha value is -1.09. The van der Waals surface area contributed by atoms with E-state index in [1.165, 1.54) is 7.11 Å². The van der Waals surface area contributed by atoms with Gasteiger partial charge in [-0.3, -0.25) is 0 Å². The van der Waals surface area contributed by atoms with E-state index in [0.29, 0.717) is 5.56 Å². The number of methoxy groups -OCH3 is 1. The summed E-state index contributed by atoms with van der Waals surface area (Å²) in [4.78, 5) is 0. The minimum Gasteiger partial charge on any atom is -0.494 e. The predicted molar refractivity (Wildman–Crippen MR) is 40.8 cm³/mol. The Labute approximate surface area is 64.8 Å². The van der Waals surface area contributed by atoms with Gasteiger partial charge in [0, 0.05) is 12.1 Å². The van der Waals surface area contributed by atoms with Crippen LogP contribution in [0.3, 0.4) is 0 Å². The van der Waals surface area contributed by atoms with Gasteiger partial charge in [-0.15, -0.1) is 0 Å². The molecule has 0 unspecified atom stereocenters. The predicted octanol–water partition coefficient (Wildman–Crippen LogP) is 1.29. The summed E-state index contributed by atoms with van der Waals surface area (Å²) < 4.78 is 17.8. The quantitative estimate of drug-likeness (QED) is 0.698. The van der Waals surface area contributed by atoms with Gasteiger partial charge in [0.05, 0.1) is 7.11 Å². The summed E-state index contributed by atoms with van der Waals surface area (Å²) in [5.41, 5.74) is 5.75. The second-order valence-electron chi connectivity index (χ2n) is 2.14. The van der Waals surface area contributed by atoms with Gasteiger partial charge in [-0.1, -0.05) is 12.1 Å². The van der Waals surface area contributed by atoms with E-state index in [1.807, 2.05) is 0 Å². The van der Waals surface area contributed by atoms with Gasteiger partial charge in [-0.25, -0.2) is 4.39 Å². The third-order valence-corrected chi connectivity index (χ3v) is 1.48. The third-order valence-electron chi connectivity index (χ3n) is 1.48. The van der Waals surface area contributed by atoms with E-state index in [2.05, 4.69) is 0 Å². The maximum absolute atomic E-state index is 13.1. The van der Waals surface area contributed by atoms with Crippen molar-refractivity contribution in [2.75, 3.05) is 7.11 Å². The van der Waals surface area contributed by atoms with Crippen LogP contribution in [0.5, 0.6) is 5.75 Å². The molecule has 0 amide bonds. The lowest BCUT2D eigenvalue weighted by atomic mass is 10.2. The van der Waals surface area contributed by atoms with Crippen LogP contribution < -0.4 is 10.5 Å². The Morgan fingerprint density at radius 3 is 2.82 bits per heavy atom. The van der Waals surface area contributed by atoms with Gasteiger partial charge >= 0.3 is 0 Å². The van der Waals surface area contributed by atoms with Crippen molar-refractivity contribution >= 4 is 0 Å². The molecule has 0 saturated carbocycles. The van der Waals surface area contributed by atoms with Crippen LogP contribution in [0.1, 0.15) is 5.56 Å². The van der Waals surface area contributed by atoms with Crippen LogP contribution in [0.2, 0.25) is 0 Å². The Kier molecular flexibility index (Phi) is 2.44. The molecule has 1 aromatic rings. The molecule has 1 rings (SSSR count). The molecule has 0 bridgehead atoms. The molecule has 0 radical (unpaired) electrons. The largest absolute Gasteiger partial charge is 0.494 e.